The van der Waals surface area contributed by atoms with Crippen molar-refractivity contribution in [3.63, 3.8) is 0 Å². The Morgan fingerprint density at radius 2 is 2.15 bits per heavy atom. The number of rotatable bonds is 6. The molecular formula is C16H15F3N4OS2. The van der Waals surface area contributed by atoms with E-state index in [1.54, 1.807) is 18.4 Å². The summed E-state index contributed by atoms with van der Waals surface area (Å²) in [7, 11) is 1.54. The van der Waals surface area contributed by atoms with Gasteiger partial charge in [0.1, 0.15) is 17.4 Å². The molecule has 26 heavy (non-hydrogen) atoms. The van der Waals surface area contributed by atoms with Gasteiger partial charge in [0, 0.05) is 24.8 Å². The summed E-state index contributed by atoms with van der Waals surface area (Å²) in [6.07, 6.45) is -1.68. The first kappa shape index (κ1) is 18.6. The van der Waals surface area contributed by atoms with Crippen LogP contribution in [0.1, 0.15) is 11.5 Å². The van der Waals surface area contributed by atoms with Crippen LogP contribution >= 0.6 is 22.7 Å². The Balaban J connectivity index is 1.61. The largest absolute Gasteiger partial charge is 0.406 e. The number of carbonyl (C=O) groups excluding carboxylic acids is 1. The highest BCUT2D eigenvalue weighted by Gasteiger charge is 2.29. The Hall–Kier alpha value is -2.20. The average molecular weight is 400 g/mol. The minimum Gasteiger partial charge on any atom is -0.338 e. The number of thiazole rings is 1. The molecule has 0 radical (unpaired) electrons. The zero-order chi connectivity index (χ0) is 18.7. The summed E-state index contributed by atoms with van der Waals surface area (Å²) in [5, 5.41) is 4.63. The van der Waals surface area contributed by atoms with Crippen molar-refractivity contribution in [2.24, 2.45) is 0 Å². The molecule has 0 aliphatic rings. The summed E-state index contributed by atoms with van der Waals surface area (Å²) in [6, 6.07) is 3.89. The predicted octanol–water partition coefficient (Wildman–Crippen LogP) is 3.83. The van der Waals surface area contributed by atoms with Crippen LogP contribution in [-0.2, 0) is 24.3 Å². The first-order valence-electron chi connectivity index (χ1n) is 7.61. The Morgan fingerprint density at radius 3 is 2.85 bits per heavy atom. The van der Waals surface area contributed by atoms with Crippen molar-refractivity contribution < 1.29 is 18.0 Å². The maximum Gasteiger partial charge on any atom is 0.406 e. The van der Waals surface area contributed by atoms with Crippen LogP contribution in [0.15, 0.2) is 35.3 Å². The van der Waals surface area contributed by atoms with Gasteiger partial charge < -0.3 is 9.47 Å². The molecule has 0 N–H and O–H groups in total. The molecule has 0 aliphatic heterocycles. The van der Waals surface area contributed by atoms with Gasteiger partial charge in [0.15, 0.2) is 0 Å². The quantitative estimate of drug-likeness (QED) is 0.632. The third-order valence-corrected chi connectivity index (χ3v) is 5.50. The van der Waals surface area contributed by atoms with Gasteiger partial charge in [-0.25, -0.2) is 9.97 Å². The third kappa shape index (κ3) is 4.70. The molecule has 0 aromatic carbocycles. The van der Waals surface area contributed by atoms with Crippen LogP contribution in [-0.4, -0.2) is 38.6 Å². The van der Waals surface area contributed by atoms with Gasteiger partial charge in [-0.3, -0.25) is 4.79 Å². The van der Waals surface area contributed by atoms with E-state index >= 15 is 0 Å². The average Bonchev–Trinajstić information content (AvgIpc) is 3.27. The molecule has 1 amide bonds. The lowest BCUT2D eigenvalue weighted by Gasteiger charge is -2.18. The van der Waals surface area contributed by atoms with E-state index < -0.39 is 12.7 Å². The molecule has 0 spiro atoms. The molecule has 3 heterocycles. The van der Waals surface area contributed by atoms with E-state index in [1.807, 2.05) is 22.9 Å². The molecule has 3 rings (SSSR count). The monoisotopic (exact) mass is 400 g/mol. The number of nitrogens with zero attached hydrogens (tertiary/aromatic N) is 4. The first-order chi connectivity index (χ1) is 12.3. The summed E-state index contributed by atoms with van der Waals surface area (Å²) in [4.78, 5) is 23.1. The lowest BCUT2D eigenvalue weighted by molar-refractivity contribution is -0.141. The Morgan fingerprint density at radius 1 is 1.35 bits per heavy atom. The van der Waals surface area contributed by atoms with Gasteiger partial charge in [-0.05, 0) is 11.4 Å². The third-order valence-electron chi connectivity index (χ3n) is 3.57. The van der Waals surface area contributed by atoms with E-state index in [-0.39, 0.29) is 24.7 Å². The van der Waals surface area contributed by atoms with E-state index in [2.05, 4.69) is 9.97 Å². The van der Waals surface area contributed by atoms with Crippen molar-refractivity contribution in [3.05, 3.63) is 46.8 Å². The van der Waals surface area contributed by atoms with E-state index in [9.17, 15) is 18.0 Å². The maximum absolute atomic E-state index is 12.6. The fraction of sp³-hybridized carbons (Fsp3) is 0.312. The molecule has 138 valence electrons. The summed E-state index contributed by atoms with van der Waals surface area (Å²) in [6.45, 7) is -1.12. The minimum atomic E-state index is -4.34. The zero-order valence-corrected chi connectivity index (χ0v) is 15.4. The van der Waals surface area contributed by atoms with Crippen LogP contribution in [0.3, 0.4) is 0 Å². The van der Waals surface area contributed by atoms with Crippen LogP contribution < -0.4 is 0 Å². The molecule has 3 aromatic heterocycles. The van der Waals surface area contributed by atoms with Gasteiger partial charge in [-0.15, -0.1) is 22.7 Å². The summed E-state index contributed by atoms with van der Waals surface area (Å²) in [5.74, 6) is -0.0367. The first-order valence-corrected chi connectivity index (χ1v) is 9.37. The van der Waals surface area contributed by atoms with Crippen molar-refractivity contribution >= 4 is 28.6 Å². The van der Waals surface area contributed by atoms with Crippen molar-refractivity contribution in [3.8, 4) is 9.88 Å². The second-order valence-electron chi connectivity index (χ2n) is 5.63. The number of halogens is 3. The maximum atomic E-state index is 12.6. The highest BCUT2D eigenvalue weighted by molar-refractivity contribution is 7.20. The number of amides is 1. The van der Waals surface area contributed by atoms with Gasteiger partial charge in [0.2, 0.25) is 5.91 Å². The van der Waals surface area contributed by atoms with Crippen LogP contribution in [0.4, 0.5) is 13.2 Å². The molecule has 10 heteroatoms. The topological polar surface area (TPSA) is 51.0 Å². The number of likely N-dealkylation sites (N-methyl/N-ethyl adjacent to an activating group) is 1. The van der Waals surface area contributed by atoms with E-state index in [0.29, 0.717) is 5.69 Å². The van der Waals surface area contributed by atoms with Crippen molar-refractivity contribution in [2.45, 2.75) is 25.7 Å². The van der Waals surface area contributed by atoms with Gasteiger partial charge >= 0.3 is 6.18 Å². The second kappa shape index (κ2) is 7.58. The van der Waals surface area contributed by atoms with Gasteiger partial charge in [-0.1, -0.05) is 6.07 Å². The number of aromatic nitrogens is 3. The number of imidazole rings is 1. The number of hydrogen-bond acceptors (Lipinski definition) is 5. The number of alkyl halides is 3. The summed E-state index contributed by atoms with van der Waals surface area (Å²) < 4.78 is 38.7. The fourth-order valence-corrected chi connectivity index (χ4v) is 3.95. The van der Waals surface area contributed by atoms with Crippen LogP contribution in [0.2, 0.25) is 0 Å². The van der Waals surface area contributed by atoms with Gasteiger partial charge in [0.05, 0.1) is 23.5 Å². The van der Waals surface area contributed by atoms with Crippen molar-refractivity contribution in [1.29, 1.82) is 0 Å². The number of carbonyl (C=O) groups is 1. The van der Waals surface area contributed by atoms with Crippen LogP contribution in [0.25, 0.3) is 9.88 Å². The smallest absolute Gasteiger partial charge is 0.338 e. The molecule has 0 saturated heterocycles. The Labute approximate surface area is 155 Å². The highest BCUT2D eigenvalue weighted by Crippen LogP contribution is 2.28. The van der Waals surface area contributed by atoms with Gasteiger partial charge in [-0.2, -0.15) is 13.2 Å². The molecule has 0 aliphatic carbocycles. The number of thiophene rings is 1. The van der Waals surface area contributed by atoms with E-state index in [0.717, 1.165) is 14.5 Å². The minimum absolute atomic E-state index is 0.00380. The van der Waals surface area contributed by atoms with Gasteiger partial charge in [0.25, 0.3) is 0 Å². The highest BCUT2D eigenvalue weighted by atomic mass is 32.1. The molecule has 0 atom stereocenters. The van der Waals surface area contributed by atoms with Crippen LogP contribution in [0, 0.1) is 0 Å². The number of hydrogen-bond donors (Lipinski definition) is 0. The van der Waals surface area contributed by atoms with Crippen LogP contribution in [0.5, 0.6) is 0 Å². The predicted molar refractivity (Wildman–Crippen MR) is 93.9 cm³/mol. The lowest BCUT2D eigenvalue weighted by Crippen LogP contribution is -2.30. The van der Waals surface area contributed by atoms with E-state index in [1.165, 1.54) is 28.6 Å². The molecule has 0 bridgehead atoms. The molecule has 5 nitrogen and oxygen atoms in total. The second-order valence-corrected chi connectivity index (χ2v) is 7.44. The van der Waals surface area contributed by atoms with Crippen molar-refractivity contribution in [1.82, 2.24) is 19.4 Å². The van der Waals surface area contributed by atoms with Crippen molar-refractivity contribution in [2.75, 3.05) is 7.05 Å². The fourth-order valence-electron chi connectivity index (χ4n) is 2.32. The Bertz CT molecular complexity index is 870. The zero-order valence-electron chi connectivity index (χ0n) is 13.7. The lowest BCUT2D eigenvalue weighted by atomic mass is 10.3. The van der Waals surface area contributed by atoms with E-state index in [4.69, 9.17) is 0 Å². The molecule has 0 fully saturated rings. The Kier molecular flexibility index (Phi) is 5.42. The normalized spacial score (nSPS) is 11.7. The molecule has 3 aromatic rings. The summed E-state index contributed by atoms with van der Waals surface area (Å²) in [5.41, 5.74) is 0.647. The SMILES string of the molecule is CN(Cc1nccn1CC(F)(F)F)C(=O)Cc1csc(-c2cccs2)n1. The standard InChI is InChI=1S/C16H15F3N4OS2/c1-22(8-13-20-4-5-23(13)10-16(17,18)19)14(24)7-11-9-26-15(21-11)12-3-2-6-25-12/h2-6,9H,7-8,10H2,1H3. The molecule has 0 saturated carbocycles. The summed E-state index contributed by atoms with van der Waals surface area (Å²) >= 11 is 3.04. The molecular weight excluding hydrogens is 385 g/mol. The molecule has 0 unspecified atom stereocenters.